The number of hydrogen-bond donors (Lipinski definition) is 2. The van der Waals surface area contributed by atoms with Crippen molar-refractivity contribution in [2.45, 2.75) is 77.4 Å². The Morgan fingerprint density at radius 2 is 0.896 bits per heavy atom. The second-order valence-corrected chi connectivity index (χ2v) is 19.6. The first-order chi connectivity index (χ1) is 30.6. The smallest absolute Gasteiger partial charge is 0.550 e. The Kier molecular flexibility index (Phi) is 21.9. The summed E-state index contributed by atoms with van der Waals surface area (Å²) in [5.74, 6) is -5.57. The molecule has 0 saturated carbocycles. The molecule has 2 N–H and O–H groups in total. The molecular formula is C44H50CaF2N6O12S2. The van der Waals surface area contributed by atoms with Gasteiger partial charge in [0.25, 0.3) is 0 Å². The van der Waals surface area contributed by atoms with E-state index in [0.717, 1.165) is 33.3 Å². The molecule has 0 aliphatic heterocycles. The van der Waals surface area contributed by atoms with Crippen molar-refractivity contribution in [3.05, 3.63) is 94.8 Å². The van der Waals surface area contributed by atoms with Crippen LogP contribution >= 0.6 is 0 Å². The second kappa shape index (κ2) is 25.3. The topological polar surface area (TPSA) is 281 Å². The Morgan fingerprint density at radius 1 is 0.597 bits per heavy atom. The quantitative estimate of drug-likeness (QED) is 0.0948. The number of ketones is 2. The molecule has 0 spiro atoms. The minimum absolute atomic E-state index is 0. The fraction of sp³-hybridized carbons (Fsp3) is 0.364. The average Bonchev–Trinajstić information content (AvgIpc) is 3.20. The molecule has 67 heavy (non-hydrogen) atoms. The van der Waals surface area contributed by atoms with Crippen molar-refractivity contribution < 1.29 is 65.2 Å². The van der Waals surface area contributed by atoms with Gasteiger partial charge < -0.3 is 30.0 Å². The van der Waals surface area contributed by atoms with Gasteiger partial charge in [0, 0.05) is 74.0 Å². The number of halogens is 2. The third kappa shape index (κ3) is 17.8. The van der Waals surface area contributed by atoms with Crippen LogP contribution < -0.4 is 18.8 Å². The summed E-state index contributed by atoms with van der Waals surface area (Å²) in [6.45, 7) is 7.29. The zero-order valence-electron chi connectivity index (χ0n) is 38.0. The third-order valence-electron chi connectivity index (χ3n) is 9.36. The number of carboxylic acid groups (broad SMARTS) is 2. The molecule has 0 bridgehead atoms. The predicted molar refractivity (Wildman–Crippen MR) is 244 cm³/mol. The van der Waals surface area contributed by atoms with Gasteiger partial charge in [0.05, 0.1) is 47.5 Å². The van der Waals surface area contributed by atoms with Crippen LogP contribution in [0, 0.1) is 11.6 Å². The van der Waals surface area contributed by atoms with Gasteiger partial charge in [-0.25, -0.2) is 54.2 Å². The monoisotopic (exact) mass is 996 g/mol. The van der Waals surface area contributed by atoms with Gasteiger partial charge in [-0.2, -0.15) is 0 Å². The Balaban J connectivity index is 0.000000453. The standard InChI is InChI=1S/2C22H26FN3O6S.Ca/c2*1-13(2)20-18(10-9-16(27)11-17(28)12-19(29)30)21(14-5-7-15(23)8-6-14)25-22(24-20)26(3)33(4,31)32;/h2*5-10,13,17,28H,11-12H2,1-4H3,(H,29,30);/q;;+2/p-2/b2*10-9+;. The molecule has 0 fully saturated rings. The number of aliphatic hydroxyl groups is 2. The number of anilines is 2. The largest absolute Gasteiger partial charge is 2.00 e. The number of benzene rings is 2. The van der Waals surface area contributed by atoms with Gasteiger partial charge in [0.15, 0.2) is 11.6 Å². The maximum absolute atomic E-state index is 13.5. The first-order valence-electron chi connectivity index (χ1n) is 20.0. The molecule has 0 radical (unpaired) electrons. The number of carbonyl (C=O) groups is 4. The van der Waals surface area contributed by atoms with Crippen LogP contribution in [0.1, 0.15) is 87.7 Å². The molecule has 356 valence electrons. The van der Waals surface area contributed by atoms with E-state index < -0.39 is 93.1 Å². The van der Waals surface area contributed by atoms with Crippen LogP contribution in [0.25, 0.3) is 34.7 Å². The molecular weight excluding hydrogens is 947 g/mol. The van der Waals surface area contributed by atoms with Gasteiger partial charge in [0.2, 0.25) is 31.9 Å². The number of allylic oxidation sites excluding steroid dienone is 2. The first-order valence-corrected chi connectivity index (χ1v) is 23.7. The van der Waals surface area contributed by atoms with E-state index in [-0.39, 0.29) is 72.9 Å². The number of carbonyl (C=O) groups excluding carboxylic acids is 4. The molecule has 2 aromatic heterocycles. The molecule has 0 saturated heterocycles. The van der Waals surface area contributed by atoms with Crippen LogP contribution in [0.3, 0.4) is 0 Å². The zero-order chi connectivity index (χ0) is 49.8. The maximum atomic E-state index is 13.5. The van der Waals surface area contributed by atoms with E-state index in [4.69, 9.17) is 0 Å². The predicted octanol–water partition coefficient (Wildman–Crippen LogP) is 2.17. The summed E-state index contributed by atoms with van der Waals surface area (Å²) >= 11 is 0. The zero-order valence-corrected chi connectivity index (χ0v) is 41.8. The molecule has 18 nitrogen and oxygen atoms in total. The SMILES string of the molecule is CC(C)c1nc(N(C)S(C)(=O)=O)nc(-c2ccc(F)cc2)c1/C=C/C(=O)CC(O)CC(=O)[O-].CC(C)c1nc(N(C)S(C)(=O)=O)nc(-c2ccc(F)cc2)c1/C=C/C(=O)CC(O)CC(=O)[O-].[Ca+2]. The normalized spacial score (nSPS) is 12.6. The molecule has 0 aliphatic rings. The summed E-state index contributed by atoms with van der Waals surface area (Å²) in [5, 5.41) is 40.5. The fourth-order valence-electron chi connectivity index (χ4n) is 5.87. The summed E-state index contributed by atoms with van der Waals surface area (Å²) < 4.78 is 77.0. The number of aromatic nitrogens is 4. The Morgan fingerprint density at radius 3 is 1.15 bits per heavy atom. The van der Waals surface area contributed by atoms with Crippen molar-refractivity contribution in [1.82, 2.24) is 19.9 Å². The molecule has 0 aliphatic carbocycles. The third-order valence-corrected chi connectivity index (χ3v) is 11.7. The number of aliphatic carboxylic acids is 2. The summed E-state index contributed by atoms with van der Waals surface area (Å²) in [7, 11) is -4.73. The van der Waals surface area contributed by atoms with Crippen molar-refractivity contribution in [2.75, 3.05) is 35.2 Å². The van der Waals surface area contributed by atoms with E-state index in [1.54, 1.807) is 0 Å². The molecule has 0 amide bonds. The van der Waals surface area contributed by atoms with Crippen LogP contribution in [-0.4, -0.2) is 147 Å². The van der Waals surface area contributed by atoms with Crippen molar-refractivity contribution in [3.8, 4) is 22.5 Å². The minimum atomic E-state index is -3.67. The van der Waals surface area contributed by atoms with Crippen LogP contribution in [0.15, 0.2) is 60.7 Å². The van der Waals surface area contributed by atoms with Crippen molar-refractivity contribution in [1.29, 1.82) is 0 Å². The first kappa shape index (κ1) is 58.0. The number of aliphatic hydroxyl groups excluding tert-OH is 2. The second-order valence-electron chi connectivity index (χ2n) is 15.6. The molecule has 4 rings (SSSR count). The number of sulfonamides is 2. The van der Waals surface area contributed by atoms with E-state index in [0.29, 0.717) is 33.6 Å². The van der Waals surface area contributed by atoms with Gasteiger partial charge in [-0.15, -0.1) is 0 Å². The molecule has 2 aromatic carbocycles. The van der Waals surface area contributed by atoms with Crippen molar-refractivity contribution >= 4 is 105 Å². The van der Waals surface area contributed by atoms with Crippen LogP contribution in [0.4, 0.5) is 20.7 Å². The summed E-state index contributed by atoms with van der Waals surface area (Å²) in [6, 6.07) is 10.8. The van der Waals surface area contributed by atoms with E-state index in [2.05, 4.69) is 19.9 Å². The van der Waals surface area contributed by atoms with Crippen molar-refractivity contribution in [2.24, 2.45) is 0 Å². The van der Waals surface area contributed by atoms with E-state index >= 15 is 0 Å². The van der Waals surface area contributed by atoms with Gasteiger partial charge in [-0.1, -0.05) is 27.7 Å². The van der Waals surface area contributed by atoms with Crippen LogP contribution in [0.2, 0.25) is 0 Å². The van der Waals surface area contributed by atoms with E-state index in [1.807, 2.05) is 27.7 Å². The summed E-state index contributed by atoms with van der Waals surface area (Å²) in [4.78, 5) is 63.2. The van der Waals surface area contributed by atoms with E-state index in [1.165, 1.54) is 74.8 Å². The van der Waals surface area contributed by atoms with Crippen LogP contribution in [0.5, 0.6) is 0 Å². The Hall–Kier alpha value is -5.10. The summed E-state index contributed by atoms with van der Waals surface area (Å²) in [5.41, 5.74) is 3.18. The number of hydrogen-bond acceptors (Lipinski definition) is 16. The van der Waals surface area contributed by atoms with Gasteiger partial charge >= 0.3 is 37.7 Å². The average molecular weight is 997 g/mol. The summed E-state index contributed by atoms with van der Waals surface area (Å²) in [6.07, 6.45) is 2.20. The molecule has 23 heteroatoms. The number of carboxylic acids is 2. The fourth-order valence-corrected chi connectivity index (χ4v) is 6.63. The number of nitrogens with zero attached hydrogens (tertiary/aromatic N) is 6. The van der Waals surface area contributed by atoms with E-state index in [9.17, 15) is 65.2 Å². The van der Waals surface area contributed by atoms with Crippen LogP contribution in [-0.2, 0) is 39.2 Å². The van der Waals surface area contributed by atoms with Gasteiger partial charge in [-0.3, -0.25) is 9.59 Å². The van der Waals surface area contributed by atoms with Gasteiger partial charge in [-0.05, 0) is 84.7 Å². The molecule has 2 atom stereocenters. The molecule has 2 heterocycles. The molecule has 4 aromatic rings. The van der Waals surface area contributed by atoms with Crippen molar-refractivity contribution in [3.63, 3.8) is 0 Å². The van der Waals surface area contributed by atoms with Gasteiger partial charge in [0.1, 0.15) is 11.6 Å². The maximum Gasteiger partial charge on any atom is 2.00 e. The molecule has 2 unspecified atom stereocenters. The Labute approximate surface area is 417 Å². The number of rotatable bonds is 20. The Bertz CT molecular complexity index is 2520. The minimum Gasteiger partial charge on any atom is -0.550 e.